The summed E-state index contributed by atoms with van der Waals surface area (Å²) in [6.45, 7) is 4.16. The highest BCUT2D eigenvalue weighted by molar-refractivity contribution is 9.10. The summed E-state index contributed by atoms with van der Waals surface area (Å²) in [5.74, 6) is 0. The van der Waals surface area contributed by atoms with Crippen LogP contribution in [0.25, 0.3) is 0 Å². The Morgan fingerprint density at radius 3 is 2.65 bits per heavy atom. The Morgan fingerprint density at radius 1 is 1.41 bits per heavy atom. The van der Waals surface area contributed by atoms with Crippen molar-refractivity contribution < 1.29 is 4.21 Å². The second-order valence-electron chi connectivity index (χ2n) is 4.15. The van der Waals surface area contributed by atoms with Crippen molar-refractivity contribution >= 4 is 26.7 Å². The molecule has 4 heteroatoms. The second-order valence-corrected chi connectivity index (χ2v) is 6.74. The third-order valence-corrected chi connectivity index (χ3v) is 5.25. The highest BCUT2D eigenvalue weighted by Crippen LogP contribution is 2.21. The lowest BCUT2D eigenvalue weighted by Gasteiger charge is -2.21. The largest absolute Gasteiger partial charge is 0.327 e. The van der Waals surface area contributed by atoms with Gasteiger partial charge in [0.05, 0.1) is 16.0 Å². The van der Waals surface area contributed by atoms with Crippen LogP contribution in [0.2, 0.25) is 0 Å². The zero-order valence-electron chi connectivity index (χ0n) is 10.4. The van der Waals surface area contributed by atoms with Crippen LogP contribution in [0, 0.1) is 0 Å². The molecule has 0 aromatic heterocycles. The molecule has 2 nitrogen and oxygen atoms in total. The summed E-state index contributed by atoms with van der Waals surface area (Å²) in [5, 5.41) is 0.0456. The van der Waals surface area contributed by atoms with Crippen LogP contribution >= 0.6 is 15.9 Å². The van der Waals surface area contributed by atoms with Crippen molar-refractivity contribution in [2.45, 2.75) is 49.3 Å². The molecule has 1 rings (SSSR count). The van der Waals surface area contributed by atoms with Gasteiger partial charge in [-0.15, -0.1) is 0 Å². The van der Waals surface area contributed by atoms with Crippen LogP contribution in [0.3, 0.4) is 0 Å². The van der Waals surface area contributed by atoms with Gasteiger partial charge in [-0.2, -0.15) is 0 Å². The monoisotopic (exact) mass is 317 g/mol. The Hall–Kier alpha value is -0.190. The van der Waals surface area contributed by atoms with Gasteiger partial charge in [0.25, 0.3) is 0 Å². The molecule has 3 atom stereocenters. The van der Waals surface area contributed by atoms with E-state index >= 15 is 0 Å². The standard InChI is InChI=1S/C13H20BrNOS/c1-3-6-12(15)13(4-2)17(16)11-8-5-7-10(14)9-11/h5,7-9,12-13H,3-4,6,15H2,1-2H3. The van der Waals surface area contributed by atoms with Gasteiger partial charge in [0.15, 0.2) is 0 Å². The van der Waals surface area contributed by atoms with Crippen molar-refractivity contribution in [1.29, 1.82) is 0 Å². The van der Waals surface area contributed by atoms with Crippen LogP contribution in [0.4, 0.5) is 0 Å². The summed E-state index contributed by atoms with van der Waals surface area (Å²) < 4.78 is 13.4. The van der Waals surface area contributed by atoms with Crippen LogP contribution in [0.1, 0.15) is 33.1 Å². The van der Waals surface area contributed by atoms with Crippen LogP contribution in [-0.4, -0.2) is 15.5 Å². The highest BCUT2D eigenvalue weighted by Gasteiger charge is 2.23. The van der Waals surface area contributed by atoms with E-state index in [9.17, 15) is 4.21 Å². The third kappa shape index (κ3) is 4.19. The SMILES string of the molecule is CCCC(N)C(CC)S(=O)c1cccc(Br)c1. The first-order valence-electron chi connectivity index (χ1n) is 6.01. The topological polar surface area (TPSA) is 43.1 Å². The van der Waals surface area contributed by atoms with E-state index in [1.807, 2.05) is 24.3 Å². The Morgan fingerprint density at radius 2 is 2.12 bits per heavy atom. The van der Waals surface area contributed by atoms with Gasteiger partial charge in [-0.1, -0.05) is 42.3 Å². The first-order chi connectivity index (χ1) is 8.10. The quantitative estimate of drug-likeness (QED) is 0.873. The van der Waals surface area contributed by atoms with E-state index in [1.165, 1.54) is 0 Å². The molecule has 3 unspecified atom stereocenters. The molecule has 0 amide bonds. The Kier molecular flexibility index (Phi) is 6.38. The lowest BCUT2D eigenvalue weighted by molar-refractivity contribution is 0.550. The van der Waals surface area contributed by atoms with Gasteiger partial charge in [0.2, 0.25) is 0 Å². The number of benzene rings is 1. The number of nitrogens with two attached hydrogens (primary N) is 1. The molecule has 1 aromatic rings. The van der Waals surface area contributed by atoms with Crippen LogP contribution < -0.4 is 5.73 Å². The molecule has 1 aromatic carbocycles. The molecule has 0 saturated carbocycles. The predicted octanol–water partition coefficient (Wildman–Crippen LogP) is 3.46. The maximum Gasteiger partial charge on any atom is 0.0576 e. The third-order valence-electron chi connectivity index (χ3n) is 2.81. The molecule has 0 aliphatic carbocycles. The van der Waals surface area contributed by atoms with Crippen molar-refractivity contribution in [3.05, 3.63) is 28.7 Å². The fourth-order valence-electron chi connectivity index (χ4n) is 1.90. The summed E-state index contributed by atoms with van der Waals surface area (Å²) in [6.07, 6.45) is 2.81. The molecule has 0 spiro atoms. The number of halogens is 1. The molecule has 2 N–H and O–H groups in total. The van der Waals surface area contributed by atoms with E-state index in [0.717, 1.165) is 28.6 Å². The lowest BCUT2D eigenvalue weighted by atomic mass is 10.1. The average molecular weight is 318 g/mol. The zero-order chi connectivity index (χ0) is 12.8. The summed E-state index contributed by atoms with van der Waals surface area (Å²) >= 11 is 3.40. The maximum absolute atomic E-state index is 12.5. The number of rotatable bonds is 6. The minimum atomic E-state index is -1.02. The van der Waals surface area contributed by atoms with E-state index in [2.05, 4.69) is 29.8 Å². The Bertz CT molecular complexity index is 383. The van der Waals surface area contributed by atoms with Crippen LogP contribution in [0.15, 0.2) is 33.6 Å². The highest BCUT2D eigenvalue weighted by atomic mass is 79.9. The summed E-state index contributed by atoms with van der Waals surface area (Å²) in [5.41, 5.74) is 6.11. The van der Waals surface area contributed by atoms with Gasteiger partial charge in [0.1, 0.15) is 0 Å². The molecular weight excluding hydrogens is 298 g/mol. The molecule has 0 fully saturated rings. The zero-order valence-corrected chi connectivity index (χ0v) is 12.8. The van der Waals surface area contributed by atoms with Crippen molar-refractivity contribution in [1.82, 2.24) is 0 Å². The molecule has 96 valence electrons. The Balaban J connectivity index is 2.86. The fraction of sp³-hybridized carbons (Fsp3) is 0.538. The molecule has 17 heavy (non-hydrogen) atoms. The van der Waals surface area contributed by atoms with E-state index in [-0.39, 0.29) is 11.3 Å². The number of hydrogen-bond acceptors (Lipinski definition) is 2. The lowest BCUT2D eigenvalue weighted by Crippen LogP contribution is -2.37. The smallest absolute Gasteiger partial charge is 0.0576 e. The van der Waals surface area contributed by atoms with Crippen LogP contribution in [0.5, 0.6) is 0 Å². The summed E-state index contributed by atoms with van der Waals surface area (Å²) in [4.78, 5) is 0.859. The fourth-order valence-corrected chi connectivity index (χ4v) is 4.01. The van der Waals surface area contributed by atoms with E-state index < -0.39 is 10.8 Å². The molecule has 0 bridgehead atoms. The van der Waals surface area contributed by atoms with Crippen molar-refractivity contribution in [3.8, 4) is 0 Å². The minimum absolute atomic E-state index is 0.0183. The van der Waals surface area contributed by atoms with E-state index in [1.54, 1.807) is 0 Å². The van der Waals surface area contributed by atoms with Gasteiger partial charge in [-0.05, 0) is 31.0 Å². The van der Waals surface area contributed by atoms with Gasteiger partial charge in [-0.25, -0.2) is 0 Å². The van der Waals surface area contributed by atoms with E-state index in [0.29, 0.717) is 0 Å². The normalized spacial score (nSPS) is 16.5. The van der Waals surface area contributed by atoms with Crippen molar-refractivity contribution in [2.75, 3.05) is 0 Å². The maximum atomic E-state index is 12.5. The minimum Gasteiger partial charge on any atom is -0.327 e. The molecule has 0 saturated heterocycles. The molecule has 0 radical (unpaired) electrons. The molecular formula is C13H20BrNOS. The Labute approximate surface area is 115 Å². The summed E-state index contributed by atoms with van der Waals surface area (Å²) in [6, 6.07) is 7.69. The van der Waals surface area contributed by atoms with Gasteiger partial charge < -0.3 is 5.73 Å². The van der Waals surface area contributed by atoms with Crippen molar-refractivity contribution in [2.24, 2.45) is 5.73 Å². The van der Waals surface area contributed by atoms with Crippen molar-refractivity contribution in [3.63, 3.8) is 0 Å². The molecule has 0 aliphatic rings. The van der Waals surface area contributed by atoms with Crippen LogP contribution in [-0.2, 0) is 10.8 Å². The summed E-state index contributed by atoms with van der Waals surface area (Å²) in [7, 11) is -1.02. The van der Waals surface area contributed by atoms with Gasteiger partial charge >= 0.3 is 0 Å². The first kappa shape index (κ1) is 14.9. The van der Waals surface area contributed by atoms with Gasteiger partial charge in [-0.3, -0.25) is 4.21 Å². The second kappa shape index (κ2) is 7.29. The molecule has 0 aliphatic heterocycles. The predicted molar refractivity (Wildman–Crippen MR) is 77.5 cm³/mol. The average Bonchev–Trinajstić information content (AvgIpc) is 2.30. The first-order valence-corrected chi connectivity index (χ1v) is 8.02. The number of hydrogen-bond donors (Lipinski definition) is 1. The molecule has 0 heterocycles. The van der Waals surface area contributed by atoms with E-state index in [4.69, 9.17) is 5.73 Å². The van der Waals surface area contributed by atoms with Gasteiger partial charge in [0, 0.05) is 15.4 Å².